The molecule has 1 aliphatic carbocycles. The third-order valence-corrected chi connectivity index (χ3v) is 5.01. The molecule has 1 aliphatic rings. The summed E-state index contributed by atoms with van der Waals surface area (Å²) >= 11 is 0. The lowest BCUT2D eigenvalue weighted by atomic mass is 9.89. The molecule has 2 heteroatoms. The first-order valence-electron chi connectivity index (χ1n) is 9.06. The molecule has 2 nitrogen and oxygen atoms in total. The lowest BCUT2D eigenvalue weighted by Crippen LogP contribution is -2.54. The van der Waals surface area contributed by atoms with E-state index in [9.17, 15) is 0 Å². The molecule has 0 spiro atoms. The van der Waals surface area contributed by atoms with Crippen LogP contribution in [0.5, 0.6) is 0 Å². The Morgan fingerprint density at radius 3 is 2.10 bits per heavy atom. The van der Waals surface area contributed by atoms with E-state index in [-0.39, 0.29) is 0 Å². The molecule has 0 aromatic heterocycles. The minimum Gasteiger partial charge on any atom is -0.315 e. The fourth-order valence-electron chi connectivity index (χ4n) is 3.93. The number of hydrogen-bond donors (Lipinski definition) is 1. The highest BCUT2D eigenvalue weighted by atomic mass is 15.2. The van der Waals surface area contributed by atoms with Gasteiger partial charge in [0.05, 0.1) is 0 Å². The summed E-state index contributed by atoms with van der Waals surface area (Å²) in [6, 6.07) is 2.19. The van der Waals surface area contributed by atoms with Crippen molar-refractivity contribution in [3.63, 3.8) is 0 Å². The monoisotopic (exact) mass is 282 g/mol. The van der Waals surface area contributed by atoms with Gasteiger partial charge < -0.3 is 5.32 Å². The molecular weight excluding hydrogens is 244 g/mol. The van der Waals surface area contributed by atoms with Crippen LogP contribution in [0.25, 0.3) is 0 Å². The Morgan fingerprint density at radius 2 is 1.60 bits per heavy atom. The van der Waals surface area contributed by atoms with E-state index < -0.39 is 0 Å². The second kappa shape index (κ2) is 9.78. The maximum absolute atomic E-state index is 3.64. The molecule has 120 valence electrons. The molecule has 1 N–H and O–H groups in total. The largest absolute Gasteiger partial charge is 0.315 e. The van der Waals surface area contributed by atoms with Gasteiger partial charge >= 0.3 is 0 Å². The molecular formula is C18H38N2. The zero-order valence-corrected chi connectivity index (χ0v) is 14.6. The van der Waals surface area contributed by atoms with Crippen LogP contribution in [-0.2, 0) is 0 Å². The SMILES string of the molecule is CCC(CC)N(CC(C)C)C1CCCCCCC1NC. The highest BCUT2D eigenvalue weighted by Gasteiger charge is 2.30. The first-order valence-corrected chi connectivity index (χ1v) is 9.06. The van der Waals surface area contributed by atoms with Gasteiger partial charge in [-0.3, -0.25) is 4.90 Å². The van der Waals surface area contributed by atoms with Crippen molar-refractivity contribution in [3.8, 4) is 0 Å². The molecule has 0 amide bonds. The summed E-state index contributed by atoms with van der Waals surface area (Å²) in [6.07, 6.45) is 11.0. The van der Waals surface area contributed by atoms with Gasteiger partial charge in [-0.1, -0.05) is 53.4 Å². The summed E-state index contributed by atoms with van der Waals surface area (Å²) in [5, 5.41) is 3.64. The minimum atomic E-state index is 0.689. The minimum absolute atomic E-state index is 0.689. The first kappa shape index (κ1) is 18.0. The predicted octanol–water partition coefficient (Wildman–Crippen LogP) is 4.44. The van der Waals surface area contributed by atoms with Gasteiger partial charge in [0.1, 0.15) is 0 Å². The van der Waals surface area contributed by atoms with Crippen molar-refractivity contribution in [3.05, 3.63) is 0 Å². The normalized spacial score (nSPS) is 25.2. The molecule has 2 atom stereocenters. The van der Waals surface area contributed by atoms with Gasteiger partial charge in [-0.25, -0.2) is 0 Å². The molecule has 0 aliphatic heterocycles. The molecule has 1 saturated carbocycles. The van der Waals surface area contributed by atoms with Gasteiger partial charge in [0.2, 0.25) is 0 Å². The van der Waals surface area contributed by atoms with Crippen LogP contribution in [0.2, 0.25) is 0 Å². The van der Waals surface area contributed by atoms with Crippen molar-refractivity contribution >= 4 is 0 Å². The van der Waals surface area contributed by atoms with Crippen molar-refractivity contribution in [2.45, 2.75) is 97.2 Å². The predicted molar refractivity (Wildman–Crippen MR) is 90.3 cm³/mol. The molecule has 20 heavy (non-hydrogen) atoms. The molecule has 1 rings (SSSR count). The van der Waals surface area contributed by atoms with Crippen molar-refractivity contribution < 1.29 is 0 Å². The van der Waals surface area contributed by atoms with E-state index in [1.165, 1.54) is 57.9 Å². The molecule has 1 fully saturated rings. The number of nitrogens with one attached hydrogen (secondary N) is 1. The average molecular weight is 283 g/mol. The fraction of sp³-hybridized carbons (Fsp3) is 1.00. The standard InChI is InChI=1S/C18H38N2/c1-6-16(7-2)20(14-15(3)4)18-13-11-9-8-10-12-17(18)19-5/h15-19H,6-14H2,1-5H3. The summed E-state index contributed by atoms with van der Waals surface area (Å²) in [7, 11) is 2.17. The molecule has 2 unspecified atom stereocenters. The van der Waals surface area contributed by atoms with Crippen LogP contribution in [0.15, 0.2) is 0 Å². The number of rotatable bonds is 7. The topological polar surface area (TPSA) is 15.3 Å². The Balaban J connectivity index is 2.86. The summed E-state index contributed by atoms with van der Waals surface area (Å²) in [6.45, 7) is 10.7. The highest BCUT2D eigenvalue weighted by Crippen LogP contribution is 2.26. The zero-order chi connectivity index (χ0) is 15.0. The zero-order valence-electron chi connectivity index (χ0n) is 14.6. The van der Waals surface area contributed by atoms with E-state index in [1.54, 1.807) is 0 Å². The van der Waals surface area contributed by atoms with Crippen molar-refractivity contribution in [1.82, 2.24) is 10.2 Å². The van der Waals surface area contributed by atoms with Crippen molar-refractivity contribution in [1.29, 1.82) is 0 Å². The molecule has 0 aromatic rings. The third kappa shape index (κ3) is 5.37. The third-order valence-electron chi connectivity index (χ3n) is 5.01. The highest BCUT2D eigenvalue weighted by molar-refractivity contribution is 4.88. The van der Waals surface area contributed by atoms with Crippen molar-refractivity contribution in [2.75, 3.05) is 13.6 Å². The molecule has 0 aromatic carbocycles. The molecule has 0 saturated heterocycles. The van der Waals surface area contributed by atoms with Crippen LogP contribution in [0.4, 0.5) is 0 Å². The van der Waals surface area contributed by atoms with Gasteiger partial charge in [-0.15, -0.1) is 0 Å². The average Bonchev–Trinajstić information content (AvgIpc) is 2.39. The summed E-state index contributed by atoms with van der Waals surface area (Å²) in [5.41, 5.74) is 0. The van der Waals surface area contributed by atoms with Crippen LogP contribution in [0.3, 0.4) is 0 Å². The van der Waals surface area contributed by atoms with Crippen LogP contribution >= 0.6 is 0 Å². The van der Waals surface area contributed by atoms with E-state index in [1.807, 2.05) is 0 Å². The number of hydrogen-bond acceptors (Lipinski definition) is 2. The lowest BCUT2D eigenvalue weighted by Gasteiger charge is -2.43. The van der Waals surface area contributed by atoms with E-state index in [4.69, 9.17) is 0 Å². The summed E-state index contributed by atoms with van der Waals surface area (Å²) in [4.78, 5) is 2.86. The van der Waals surface area contributed by atoms with E-state index in [0.29, 0.717) is 6.04 Å². The second-order valence-corrected chi connectivity index (χ2v) is 7.02. The number of likely N-dealkylation sites (N-methyl/N-ethyl adjacent to an activating group) is 1. The molecule has 0 radical (unpaired) electrons. The van der Waals surface area contributed by atoms with Crippen LogP contribution in [-0.4, -0.2) is 36.6 Å². The van der Waals surface area contributed by atoms with Gasteiger partial charge in [-0.05, 0) is 38.6 Å². The Hall–Kier alpha value is -0.0800. The van der Waals surface area contributed by atoms with Gasteiger partial charge in [0, 0.05) is 24.7 Å². The maximum Gasteiger partial charge on any atom is 0.0252 e. The molecule has 0 bridgehead atoms. The Bertz CT molecular complexity index is 236. The Morgan fingerprint density at radius 1 is 1.00 bits per heavy atom. The van der Waals surface area contributed by atoms with E-state index in [0.717, 1.165) is 18.0 Å². The second-order valence-electron chi connectivity index (χ2n) is 7.02. The van der Waals surface area contributed by atoms with Crippen molar-refractivity contribution in [2.24, 2.45) is 5.92 Å². The Kier molecular flexibility index (Phi) is 8.79. The summed E-state index contributed by atoms with van der Waals surface area (Å²) < 4.78 is 0. The van der Waals surface area contributed by atoms with Crippen LogP contribution in [0, 0.1) is 5.92 Å². The molecule has 0 heterocycles. The van der Waals surface area contributed by atoms with Gasteiger partial charge in [0.25, 0.3) is 0 Å². The first-order chi connectivity index (χ1) is 9.63. The van der Waals surface area contributed by atoms with Gasteiger partial charge in [0.15, 0.2) is 0 Å². The van der Waals surface area contributed by atoms with Crippen LogP contribution in [0.1, 0.15) is 79.1 Å². The lowest BCUT2D eigenvalue weighted by molar-refractivity contribution is 0.0720. The summed E-state index contributed by atoms with van der Waals surface area (Å²) in [5.74, 6) is 0.763. The van der Waals surface area contributed by atoms with Crippen LogP contribution < -0.4 is 5.32 Å². The van der Waals surface area contributed by atoms with E-state index >= 15 is 0 Å². The smallest absolute Gasteiger partial charge is 0.0252 e. The van der Waals surface area contributed by atoms with E-state index in [2.05, 4.69) is 45.0 Å². The Labute approximate surface area is 127 Å². The van der Waals surface area contributed by atoms with Gasteiger partial charge in [-0.2, -0.15) is 0 Å². The fourth-order valence-corrected chi connectivity index (χ4v) is 3.93. The quantitative estimate of drug-likeness (QED) is 0.742. The maximum atomic E-state index is 3.64. The number of nitrogens with zero attached hydrogens (tertiary/aromatic N) is 1.